The monoisotopic (exact) mass is 486 g/mol. The van der Waals surface area contributed by atoms with E-state index >= 15 is 0 Å². The summed E-state index contributed by atoms with van der Waals surface area (Å²) < 4.78 is 5.92. The number of nitrogens with zero attached hydrogens (tertiary/aromatic N) is 1. The van der Waals surface area contributed by atoms with Gasteiger partial charge in [-0.3, -0.25) is 9.59 Å². The molecule has 1 heterocycles. The van der Waals surface area contributed by atoms with Gasteiger partial charge in [-0.2, -0.15) is 0 Å². The lowest BCUT2D eigenvalue weighted by Crippen LogP contribution is -2.24. The third-order valence-electron chi connectivity index (χ3n) is 7.10. The molecule has 0 spiro atoms. The van der Waals surface area contributed by atoms with Crippen molar-refractivity contribution in [3.05, 3.63) is 45.8 Å². The number of aliphatic carboxylic acids is 1. The van der Waals surface area contributed by atoms with Crippen molar-refractivity contribution < 1.29 is 19.2 Å². The Morgan fingerprint density at radius 3 is 2.59 bits per heavy atom. The molecule has 1 atom stereocenters. The van der Waals surface area contributed by atoms with Gasteiger partial charge in [-0.1, -0.05) is 36.7 Å². The standard InChI is InChI=1S/C27H35ClN2O4/c1-15(2)10-17-12-20(13-17)27-25(18-5-6-18)26(30-34-27)19(7-9-24(32)33)14-23(31)29-22-8-4-16(3)11-21(22)28/h4,8,11,15,17-20H,5-7,9-10,12-14H2,1-3H3,(H,29,31)(H,32,33)/t17?,19-,20?/m1/s1. The minimum atomic E-state index is -0.876. The number of aryl methyl sites for hydroxylation is 1. The summed E-state index contributed by atoms with van der Waals surface area (Å²) in [4.78, 5) is 24.3. The second-order valence-corrected chi connectivity index (χ2v) is 11.1. The smallest absolute Gasteiger partial charge is 0.303 e. The summed E-state index contributed by atoms with van der Waals surface area (Å²) in [6.07, 6.45) is 6.15. The Bertz CT molecular complexity index is 1040. The molecular weight excluding hydrogens is 452 g/mol. The molecule has 1 aromatic heterocycles. The molecule has 2 aliphatic rings. The lowest BCUT2D eigenvalue weighted by atomic mass is 9.69. The van der Waals surface area contributed by atoms with Crippen LogP contribution >= 0.6 is 11.6 Å². The van der Waals surface area contributed by atoms with Gasteiger partial charge in [-0.15, -0.1) is 0 Å². The van der Waals surface area contributed by atoms with Crippen LogP contribution in [0.2, 0.25) is 5.02 Å². The number of nitrogens with one attached hydrogen (secondary N) is 1. The average Bonchev–Trinajstić information content (AvgIpc) is 3.48. The van der Waals surface area contributed by atoms with Crippen molar-refractivity contribution in [3.63, 3.8) is 0 Å². The molecule has 7 heteroatoms. The van der Waals surface area contributed by atoms with Crippen molar-refractivity contribution >= 4 is 29.2 Å². The van der Waals surface area contributed by atoms with Crippen molar-refractivity contribution in [2.75, 3.05) is 5.32 Å². The maximum absolute atomic E-state index is 13.0. The minimum absolute atomic E-state index is 0.0184. The van der Waals surface area contributed by atoms with Gasteiger partial charge < -0.3 is 14.9 Å². The number of carboxylic acid groups (broad SMARTS) is 1. The zero-order valence-corrected chi connectivity index (χ0v) is 21.0. The summed E-state index contributed by atoms with van der Waals surface area (Å²) in [5.41, 5.74) is 3.52. The van der Waals surface area contributed by atoms with Gasteiger partial charge in [-0.25, -0.2) is 0 Å². The van der Waals surface area contributed by atoms with E-state index < -0.39 is 5.97 Å². The zero-order chi connectivity index (χ0) is 24.4. The van der Waals surface area contributed by atoms with Gasteiger partial charge in [0.25, 0.3) is 0 Å². The fourth-order valence-corrected chi connectivity index (χ4v) is 5.57. The molecule has 2 N–H and O–H groups in total. The van der Waals surface area contributed by atoms with Crippen molar-refractivity contribution in [1.29, 1.82) is 0 Å². The van der Waals surface area contributed by atoms with E-state index in [4.69, 9.17) is 16.1 Å². The number of carbonyl (C=O) groups excluding carboxylic acids is 1. The van der Waals surface area contributed by atoms with Crippen LogP contribution in [0.15, 0.2) is 22.7 Å². The Kier molecular flexibility index (Phi) is 7.66. The predicted molar refractivity (Wildman–Crippen MR) is 132 cm³/mol. The highest BCUT2D eigenvalue weighted by molar-refractivity contribution is 6.33. The topological polar surface area (TPSA) is 92.4 Å². The lowest BCUT2D eigenvalue weighted by Gasteiger charge is -2.35. The van der Waals surface area contributed by atoms with Crippen molar-refractivity contribution in [1.82, 2.24) is 5.16 Å². The zero-order valence-electron chi connectivity index (χ0n) is 20.3. The second-order valence-electron chi connectivity index (χ2n) is 10.6. The van der Waals surface area contributed by atoms with Crippen LogP contribution in [0.4, 0.5) is 5.69 Å². The van der Waals surface area contributed by atoms with E-state index in [0.29, 0.717) is 34.9 Å². The molecule has 6 nitrogen and oxygen atoms in total. The average molecular weight is 487 g/mol. The SMILES string of the molecule is Cc1ccc(NC(=O)C[C@@H](CCC(=O)O)c2noc(C3CC(CC(C)C)C3)c2C2CC2)c(Cl)c1. The fourth-order valence-electron chi connectivity index (χ4n) is 5.28. The van der Waals surface area contributed by atoms with E-state index in [1.165, 1.54) is 6.42 Å². The van der Waals surface area contributed by atoms with Crippen molar-refractivity contribution in [2.45, 2.75) is 89.9 Å². The van der Waals surface area contributed by atoms with Gasteiger partial charge >= 0.3 is 5.97 Å². The second kappa shape index (κ2) is 10.5. The lowest BCUT2D eigenvalue weighted by molar-refractivity contribution is -0.137. The molecule has 2 aromatic rings. The van der Waals surface area contributed by atoms with Gasteiger partial charge in [0, 0.05) is 30.2 Å². The number of carbonyl (C=O) groups is 2. The Morgan fingerprint density at radius 1 is 1.24 bits per heavy atom. The van der Waals surface area contributed by atoms with Crippen LogP contribution in [0.5, 0.6) is 0 Å². The van der Waals surface area contributed by atoms with Crippen LogP contribution < -0.4 is 5.32 Å². The number of benzene rings is 1. The van der Waals surface area contributed by atoms with Crippen molar-refractivity contribution in [3.8, 4) is 0 Å². The number of anilines is 1. The van der Waals surface area contributed by atoms with Gasteiger partial charge in [0.2, 0.25) is 5.91 Å². The summed E-state index contributed by atoms with van der Waals surface area (Å²) in [6, 6.07) is 5.48. The number of hydrogen-bond donors (Lipinski definition) is 2. The maximum Gasteiger partial charge on any atom is 0.303 e. The molecule has 2 fully saturated rings. The van der Waals surface area contributed by atoms with Gasteiger partial charge in [0.15, 0.2) is 0 Å². The number of amides is 1. The Hall–Kier alpha value is -2.34. The van der Waals surface area contributed by atoms with E-state index in [9.17, 15) is 14.7 Å². The normalized spacial score (nSPS) is 20.7. The maximum atomic E-state index is 13.0. The number of aromatic nitrogens is 1. The summed E-state index contributed by atoms with van der Waals surface area (Å²) in [6.45, 7) is 6.46. The van der Waals surface area contributed by atoms with Gasteiger partial charge in [0.05, 0.1) is 16.4 Å². The molecule has 2 aliphatic carbocycles. The molecule has 184 valence electrons. The summed E-state index contributed by atoms with van der Waals surface area (Å²) in [5, 5.41) is 17.1. The summed E-state index contributed by atoms with van der Waals surface area (Å²) in [7, 11) is 0. The first-order valence-corrected chi connectivity index (χ1v) is 12.9. The first-order chi connectivity index (χ1) is 16.2. The molecule has 0 saturated heterocycles. The number of carboxylic acids is 1. The van der Waals surface area contributed by atoms with Gasteiger partial charge in [0.1, 0.15) is 5.76 Å². The fraction of sp³-hybridized carbons (Fsp3) is 0.593. The van der Waals surface area contributed by atoms with E-state index in [2.05, 4.69) is 24.3 Å². The van der Waals surface area contributed by atoms with Crippen LogP contribution in [0.3, 0.4) is 0 Å². The molecule has 1 aromatic carbocycles. The summed E-state index contributed by atoms with van der Waals surface area (Å²) >= 11 is 6.29. The number of hydrogen-bond acceptors (Lipinski definition) is 4. The third kappa shape index (κ3) is 6.01. The van der Waals surface area contributed by atoms with Gasteiger partial charge in [-0.05, 0) is 80.9 Å². The molecule has 0 bridgehead atoms. The van der Waals surface area contributed by atoms with E-state index in [0.717, 1.165) is 54.2 Å². The first kappa shape index (κ1) is 24.8. The van der Waals surface area contributed by atoms with Crippen LogP contribution in [-0.4, -0.2) is 22.1 Å². The molecule has 0 unspecified atom stereocenters. The molecule has 0 aliphatic heterocycles. The van der Waals surface area contributed by atoms with E-state index in [1.54, 1.807) is 12.1 Å². The Morgan fingerprint density at radius 2 is 1.97 bits per heavy atom. The molecule has 1 amide bonds. The first-order valence-electron chi connectivity index (χ1n) is 12.5. The molecular formula is C27H35ClN2O4. The largest absolute Gasteiger partial charge is 0.481 e. The third-order valence-corrected chi connectivity index (χ3v) is 7.42. The van der Waals surface area contributed by atoms with Crippen LogP contribution in [0, 0.1) is 18.8 Å². The molecule has 4 rings (SSSR count). The summed E-state index contributed by atoms with van der Waals surface area (Å²) in [5.74, 6) is 1.84. The van der Waals surface area contributed by atoms with Crippen LogP contribution in [-0.2, 0) is 9.59 Å². The van der Waals surface area contributed by atoms with Crippen LogP contribution in [0.1, 0.15) is 106 Å². The Balaban J connectivity index is 1.52. The Labute approximate surface area is 206 Å². The highest BCUT2D eigenvalue weighted by Crippen LogP contribution is 2.52. The highest BCUT2D eigenvalue weighted by Gasteiger charge is 2.41. The molecule has 34 heavy (non-hydrogen) atoms. The number of halogens is 1. The van der Waals surface area contributed by atoms with Crippen LogP contribution in [0.25, 0.3) is 0 Å². The minimum Gasteiger partial charge on any atom is -0.481 e. The highest BCUT2D eigenvalue weighted by atomic mass is 35.5. The molecule has 0 radical (unpaired) electrons. The quantitative estimate of drug-likeness (QED) is 0.355. The number of rotatable bonds is 11. The van der Waals surface area contributed by atoms with E-state index in [-0.39, 0.29) is 24.7 Å². The molecule has 2 saturated carbocycles. The van der Waals surface area contributed by atoms with E-state index in [1.807, 2.05) is 13.0 Å². The van der Waals surface area contributed by atoms with Crippen molar-refractivity contribution in [2.24, 2.45) is 11.8 Å². The predicted octanol–water partition coefficient (Wildman–Crippen LogP) is 7.03.